The number of ether oxygens (including phenoxy) is 2. The van der Waals surface area contributed by atoms with Crippen LogP contribution in [0.5, 0.6) is 5.75 Å². The molecule has 1 fully saturated rings. The van der Waals surface area contributed by atoms with E-state index in [9.17, 15) is 0 Å². The predicted molar refractivity (Wildman–Crippen MR) is 91.9 cm³/mol. The standard InChI is InChI=1S/C19H21N3O2/c1-14-2-3-16(10-21-18-5-4-17(9-20)22-11-18)19(8-14)24-13-15-6-7-23-12-15/h2-5,8,11,15,21H,6-7,10,12-13H2,1H3. The second kappa shape index (κ2) is 7.80. The van der Waals surface area contributed by atoms with Gasteiger partial charge in [0.25, 0.3) is 0 Å². The maximum atomic E-state index is 8.79. The van der Waals surface area contributed by atoms with Crippen LogP contribution < -0.4 is 10.1 Å². The lowest BCUT2D eigenvalue weighted by Gasteiger charge is -2.15. The van der Waals surface area contributed by atoms with Crippen LogP contribution in [0.15, 0.2) is 36.5 Å². The molecule has 124 valence electrons. The van der Waals surface area contributed by atoms with Crippen molar-refractivity contribution in [1.82, 2.24) is 4.98 Å². The molecule has 2 heterocycles. The summed E-state index contributed by atoms with van der Waals surface area (Å²) in [4.78, 5) is 4.07. The summed E-state index contributed by atoms with van der Waals surface area (Å²) in [6, 6.07) is 11.8. The van der Waals surface area contributed by atoms with Crippen molar-refractivity contribution in [3.05, 3.63) is 53.3 Å². The van der Waals surface area contributed by atoms with Crippen molar-refractivity contribution in [2.75, 3.05) is 25.1 Å². The molecule has 1 aliphatic heterocycles. The lowest BCUT2D eigenvalue weighted by atomic mass is 10.1. The van der Waals surface area contributed by atoms with Crippen LogP contribution in [0, 0.1) is 24.2 Å². The highest BCUT2D eigenvalue weighted by molar-refractivity contribution is 5.45. The fourth-order valence-corrected chi connectivity index (χ4v) is 2.63. The smallest absolute Gasteiger partial charge is 0.140 e. The van der Waals surface area contributed by atoms with E-state index in [1.54, 1.807) is 12.3 Å². The Morgan fingerprint density at radius 1 is 1.38 bits per heavy atom. The molecule has 1 saturated heterocycles. The monoisotopic (exact) mass is 323 g/mol. The van der Waals surface area contributed by atoms with E-state index in [4.69, 9.17) is 14.7 Å². The highest BCUT2D eigenvalue weighted by atomic mass is 16.5. The van der Waals surface area contributed by atoms with Crippen LogP contribution in [0.3, 0.4) is 0 Å². The lowest BCUT2D eigenvalue weighted by molar-refractivity contribution is 0.167. The number of nitrogens with one attached hydrogen (secondary N) is 1. The molecule has 0 radical (unpaired) electrons. The molecular formula is C19H21N3O2. The molecule has 24 heavy (non-hydrogen) atoms. The van der Waals surface area contributed by atoms with Gasteiger partial charge in [-0.25, -0.2) is 4.98 Å². The minimum Gasteiger partial charge on any atom is -0.493 e. The summed E-state index contributed by atoms with van der Waals surface area (Å²) in [6.45, 7) is 5.02. The fraction of sp³-hybridized carbons (Fsp3) is 0.368. The number of benzene rings is 1. The predicted octanol–water partition coefficient (Wildman–Crippen LogP) is 3.29. The Bertz CT molecular complexity index is 716. The molecule has 0 spiro atoms. The van der Waals surface area contributed by atoms with Gasteiger partial charge in [-0.05, 0) is 37.1 Å². The quantitative estimate of drug-likeness (QED) is 0.883. The second-order valence-corrected chi connectivity index (χ2v) is 6.05. The number of rotatable bonds is 6. The largest absolute Gasteiger partial charge is 0.493 e. The third-order valence-electron chi connectivity index (χ3n) is 4.08. The lowest BCUT2D eigenvalue weighted by Crippen LogP contribution is -2.13. The van der Waals surface area contributed by atoms with Crippen molar-refractivity contribution in [1.29, 1.82) is 5.26 Å². The van der Waals surface area contributed by atoms with Gasteiger partial charge in [0, 0.05) is 24.6 Å². The van der Waals surface area contributed by atoms with Gasteiger partial charge in [0.1, 0.15) is 17.5 Å². The zero-order valence-corrected chi connectivity index (χ0v) is 13.8. The Labute approximate surface area is 142 Å². The molecular weight excluding hydrogens is 302 g/mol. The first kappa shape index (κ1) is 16.3. The zero-order valence-electron chi connectivity index (χ0n) is 13.8. The molecule has 5 nitrogen and oxygen atoms in total. The average molecular weight is 323 g/mol. The minimum atomic E-state index is 0.415. The Morgan fingerprint density at radius 2 is 2.29 bits per heavy atom. The van der Waals surface area contributed by atoms with Crippen molar-refractivity contribution in [2.45, 2.75) is 19.9 Å². The van der Waals surface area contributed by atoms with Crippen LogP contribution >= 0.6 is 0 Å². The van der Waals surface area contributed by atoms with Gasteiger partial charge in [0.05, 0.1) is 25.1 Å². The molecule has 1 aliphatic rings. The number of pyridine rings is 1. The summed E-state index contributed by atoms with van der Waals surface area (Å²) in [5.74, 6) is 1.39. The normalized spacial score (nSPS) is 16.6. The molecule has 3 rings (SSSR count). The molecule has 5 heteroatoms. The van der Waals surface area contributed by atoms with E-state index in [0.29, 0.717) is 24.8 Å². The van der Waals surface area contributed by atoms with Gasteiger partial charge < -0.3 is 14.8 Å². The summed E-state index contributed by atoms with van der Waals surface area (Å²) in [6.07, 6.45) is 2.74. The van der Waals surface area contributed by atoms with Gasteiger partial charge in [0.2, 0.25) is 0 Å². The summed E-state index contributed by atoms with van der Waals surface area (Å²) in [7, 11) is 0. The fourth-order valence-electron chi connectivity index (χ4n) is 2.63. The van der Waals surface area contributed by atoms with E-state index in [1.807, 2.05) is 12.1 Å². The van der Waals surface area contributed by atoms with Crippen molar-refractivity contribution >= 4 is 5.69 Å². The third kappa shape index (κ3) is 4.24. The van der Waals surface area contributed by atoms with E-state index in [0.717, 1.165) is 36.6 Å². The van der Waals surface area contributed by atoms with E-state index in [1.165, 1.54) is 5.56 Å². The van der Waals surface area contributed by atoms with Gasteiger partial charge >= 0.3 is 0 Å². The SMILES string of the molecule is Cc1ccc(CNc2ccc(C#N)nc2)c(OCC2CCOC2)c1. The summed E-state index contributed by atoms with van der Waals surface area (Å²) >= 11 is 0. The Kier molecular flexibility index (Phi) is 5.29. The maximum absolute atomic E-state index is 8.79. The molecule has 1 aromatic heterocycles. The highest BCUT2D eigenvalue weighted by Crippen LogP contribution is 2.23. The van der Waals surface area contributed by atoms with E-state index in [2.05, 4.69) is 35.4 Å². The van der Waals surface area contributed by atoms with Crippen molar-refractivity contribution < 1.29 is 9.47 Å². The highest BCUT2D eigenvalue weighted by Gasteiger charge is 2.17. The number of nitrogens with zero attached hydrogens (tertiary/aromatic N) is 2. The van der Waals surface area contributed by atoms with E-state index < -0.39 is 0 Å². The molecule has 0 saturated carbocycles. The number of aryl methyl sites for hydroxylation is 1. The number of hydrogen-bond donors (Lipinski definition) is 1. The first-order chi connectivity index (χ1) is 11.7. The van der Waals surface area contributed by atoms with Crippen LogP contribution in [0.4, 0.5) is 5.69 Å². The van der Waals surface area contributed by atoms with Crippen LogP contribution in [0.2, 0.25) is 0 Å². The maximum Gasteiger partial charge on any atom is 0.140 e. The van der Waals surface area contributed by atoms with Gasteiger partial charge in [-0.15, -0.1) is 0 Å². The van der Waals surface area contributed by atoms with E-state index >= 15 is 0 Å². The third-order valence-corrected chi connectivity index (χ3v) is 4.08. The molecule has 0 amide bonds. The van der Waals surface area contributed by atoms with Crippen LogP contribution in [-0.4, -0.2) is 24.8 Å². The molecule has 1 aromatic carbocycles. The van der Waals surface area contributed by atoms with Crippen molar-refractivity contribution in [3.8, 4) is 11.8 Å². The number of anilines is 1. The Balaban J connectivity index is 1.64. The molecule has 0 aliphatic carbocycles. The number of hydrogen-bond acceptors (Lipinski definition) is 5. The number of nitriles is 1. The summed E-state index contributed by atoms with van der Waals surface area (Å²) in [5, 5.41) is 12.1. The molecule has 0 bridgehead atoms. The van der Waals surface area contributed by atoms with E-state index in [-0.39, 0.29) is 0 Å². The second-order valence-electron chi connectivity index (χ2n) is 6.05. The molecule has 1 atom stereocenters. The Morgan fingerprint density at radius 3 is 3.00 bits per heavy atom. The van der Waals surface area contributed by atoms with Crippen molar-refractivity contribution in [3.63, 3.8) is 0 Å². The minimum absolute atomic E-state index is 0.415. The van der Waals surface area contributed by atoms with Crippen molar-refractivity contribution in [2.24, 2.45) is 5.92 Å². The summed E-state index contributed by atoms with van der Waals surface area (Å²) in [5.41, 5.74) is 3.57. The zero-order chi connectivity index (χ0) is 16.8. The van der Waals surface area contributed by atoms with Gasteiger partial charge in [0.15, 0.2) is 0 Å². The number of aromatic nitrogens is 1. The molecule has 2 aromatic rings. The van der Waals surface area contributed by atoms with Crippen LogP contribution in [0.25, 0.3) is 0 Å². The topological polar surface area (TPSA) is 67.2 Å². The van der Waals surface area contributed by atoms with Gasteiger partial charge in [-0.2, -0.15) is 5.26 Å². The first-order valence-corrected chi connectivity index (χ1v) is 8.14. The van der Waals surface area contributed by atoms with Gasteiger partial charge in [-0.3, -0.25) is 0 Å². The Hall–Kier alpha value is -2.58. The van der Waals surface area contributed by atoms with Gasteiger partial charge in [-0.1, -0.05) is 12.1 Å². The average Bonchev–Trinajstić information content (AvgIpc) is 3.13. The molecule has 1 N–H and O–H groups in total. The summed E-state index contributed by atoms with van der Waals surface area (Å²) < 4.78 is 11.4. The first-order valence-electron chi connectivity index (χ1n) is 8.14. The van der Waals surface area contributed by atoms with Crippen LogP contribution in [-0.2, 0) is 11.3 Å². The molecule has 1 unspecified atom stereocenters. The van der Waals surface area contributed by atoms with Crippen LogP contribution in [0.1, 0.15) is 23.2 Å².